The third-order valence-electron chi connectivity index (χ3n) is 9.32. The highest BCUT2D eigenvalue weighted by Crippen LogP contribution is 2.45. The van der Waals surface area contributed by atoms with Crippen molar-refractivity contribution in [2.75, 3.05) is 0 Å². The van der Waals surface area contributed by atoms with Crippen LogP contribution in [-0.2, 0) is 0 Å². The van der Waals surface area contributed by atoms with Crippen molar-refractivity contribution >= 4 is 65.6 Å². The van der Waals surface area contributed by atoms with Gasteiger partial charge in [-0.2, -0.15) is 0 Å². The van der Waals surface area contributed by atoms with Gasteiger partial charge in [0.15, 0.2) is 0 Å². The molecule has 10 rings (SSSR count). The molecule has 0 N–H and O–H groups in total. The summed E-state index contributed by atoms with van der Waals surface area (Å²) < 4.78 is 11.2. The van der Waals surface area contributed by atoms with E-state index in [-0.39, 0.29) is 0 Å². The summed E-state index contributed by atoms with van der Waals surface area (Å²) in [6.45, 7) is 0. The minimum atomic E-state index is 0.894. The number of para-hydroxylation sites is 5. The van der Waals surface area contributed by atoms with Gasteiger partial charge in [0.2, 0.25) is 0 Å². The maximum Gasteiger partial charge on any atom is 0.137 e. The van der Waals surface area contributed by atoms with Gasteiger partial charge in [-0.3, -0.25) is 0 Å². The fraction of sp³-hybridized carbons (Fsp3) is 0. The lowest BCUT2D eigenvalue weighted by Gasteiger charge is -2.14. The number of furan rings is 1. The maximum absolute atomic E-state index is 6.36. The number of hydrogen-bond donors (Lipinski definition) is 0. The zero-order valence-electron chi connectivity index (χ0n) is 24.3. The number of rotatable bonds is 3. The van der Waals surface area contributed by atoms with E-state index in [1.165, 1.54) is 54.7 Å². The molecule has 3 heteroatoms. The highest BCUT2D eigenvalue weighted by molar-refractivity contribution is 6.21. The molecular weight excluding hydrogens is 548 g/mol. The van der Waals surface area contributed by atoms with Crippen molar-refractivity contribution in [2.24, 2.45) is 0 Å². The number of hydrogen-bond acceptors (Lipinski definition) is 1. The number of fused-ring (bicyclic) bond motifs is 9. The molecule has 0 saturated carbocycles. The summed E-state index contributed by atoms with van der Waals surface area (Å²) in [6.07, 6.45) is 0. The van der Waals surface area contributed by atoms with Crippen LogP contribution < -0.4 is 0 Å². The summed E-state index contributed by atoms with van der Waals surface area (Å²) in [5.74, 6) is 0. The van der Waals surface area contributed by atoms with Crippen molar-refractivity contribution in [3.8, 4) is 22.5 Å². The lowest BCUT2D eigenvalue weighted by Crippen LogP contribution is -1.97. The highest BCUT2D eigenvalue weighted by atomic mass is 16.3. The minimum absolute atomic E-state index is 0.894. The van der Waals surface area contributed by atoms with Crippen LogP contribution in [0.2, 0.25) is 0 Å². The van der Waals surface area contributed by atoms with Gasteiger partial charge in [0.05, 0.1) is 33.1 Å². The molecule has 0 unspecified atom stereocenters. The first-order valence-corrected chi connectivity index (χ1v) is 15.4. The average molecular weight is 575 g/mol. The van der Waals surface area contributed by atoms with Crippen LogP contribution in [0.25, 0.3) is 88.1 Å². The highest BCUT2D eigenvalue weighted by Gasteiger charge is 2.22. The molecule has 210 valence electrons. The van der Waals surface area contributed by atoms with Gasteiger partial charge in [0, 0.05) is 38.2 Å². The Kier molecular flexibility index (Phi) is 5.00. The van der Waals surface area contributed by atoms with E-state index >= 15 is 0 Å². The van der Waals surface area contributed by atoms with Crippen LogP contribution in [0.3, 0.4) is 0 Å². The molecule has 0 aliphatic rings. The Morgan fingerprint density at radius 1 is 0.356 bits per heavy atom. The van der Waals surface area contributed by atoms with Gasteiger partial charge in [0.1, 0.15) is 11.2 Å². The van der Waals surface area contributed by atoms with Crippen molar-refractivity contribution in [1.29, 1.82) is 0 Å². The van der Waals surface area contributed by atoms with Crippen molar-refractivity contribution in [2.45, 2.75) is 0 Å². The zero-order valence-corrected chi connectivity index (χ0v) is 24.3. The second-order valence-corrected chi connectivity index (χ2v) is 11.7. The Labute approximate surface area is 258 Å². The molecule has 0 spiro atoms. The first-order valence-electron chi connectivity index (χ1n) is 15.4. The average Bonchev–Trinajstić information content (AvgIpc) is 3.76. The molecule has 3 heterocycles. The van der Waals surface area contributed by atoms with Gasteiger partial charge in [-0.25, -0.2) is 0 Å². The molecule has 3 aromatic heterocycles. The second kappa shape index (κ2) is 9.22. The van der Waals surface area contributed by atoms with Crippen LogP contribution in [0.1, 0.15) is 0 Å². The first-order chi connectivity index (χ1) is 22.4. The van der Waals surface area contributed by atoms with E-state index in [0.29, 0.717) is 0 Å². The number of benzene rings is 7. The molecule has 0 atom stereocenters. The minimum Gasteiger partial charge on any atom is -0.456 e. The quantitative estimate of drug-likeness (QED) is 0.206. The van der Waals surface area contributed by atoms with Gasteiger partial charge >= 0.3 is 0 Å². The summed E-state index contributed by atoms with van der Waals surface area (Å²) in [7, 11) is 0. The standard InChI is InChI=1S/C42H26N2O/c1-2-13-27(14-3-1)43-35-22-8-5-16-32(35)40-29(18-11-23-36(40)43)31-20-10-19-30-28-15-4-7-21-34(28)44(42(30)31)37-24-12-26-39-41(37)33-17-6-9-25-38(33)45-39/h1-26H. The zero-order chi connectivity index (χ0) is 29.5. The molecular formula is C42H26N2O. The lowest BCUT2D eigenvalue weighted by molar-refractivity contribution is 0.669. The van der Waals surface area contributed by atoms with Crippen LogP contribution >= 0.6 is 0 Å². The van der Waals surface area contributed by atoms with Gasteiger partial charge < -0.3 is 13.6 Å². The van der Waals surface area contributed by atoms with Crippen molar-refractivity contribution < 1.29 is 4.42 Å². The van der Waals surface area contributed by atoms with Gasteiger partial charge in [-0.05, 0) is 54.1 Å². The Balaban J connectivity index is 1.38. The molecule has 3 nitrogen and oxygen atoms in total. The summed E-state index contributed by atoms with van der Waals surface area (Å²) in [4.78, 5) is 0. The van der Waals surface area contributed by atoms with E-state index in [1.807, 2.05) is 6.07 Å². The summed E-state index contributed by atoms with van der Waals surface area (Å²) in [5, 5.41) is 7.22. The van der Waals surface area contributed by atoms with Gasteiger partial charge in [-0.1, -0.05) is 109 Å². The predicted molar refractivity (Wildman–Crippen MR) is 188 cm³/mol. The van der Waals surface area contributed by atoms with E-state index in [9.17, 15) is 0 Å². The van der Waals surface area contributed by atoms with Crippen LogP contribution in [-0.4, -0.2) is 9.13 Å². The van der Waals surface area contributed by atoms with E-state index in [0.717, 1.165) is 33.3 Å². The Morgan fingerprint density at radius 2 is 0.956 bits per heavy atom. The van der Waals surface area contributed by atoms with Crippen molar-refractivity contribution in [3.63, 3.8) is 0 Å². The number of aromatic nitrogens is 2. The monoisotopic (exact) mass is 574 g/mol. The second-order valence-electron chi connectivity index (χ2n) is 11.7. The molecule has 0 saturated heterocycles. The molecule has 0 radical (unpaired) electrons. The molecule has 7 aromatic carbocycles. The summed E-state index contributed by atoms with van der Waals surface area (Å²) >= 11 is 0. The van der Waals surface area contributed by atoms with E-state index in [2.05, 4.69) is 161 Å². The molecule has 0 fully saturated rings. The molecule has 10 aromatic rings. The molecule has 0 amide bonds. The van der Waals surface area contributed by atoms with E-state index < -0.39 is 0 Å². The fourth-order valence-corrected chi connectivity index (χ4v) is 7.53. The summed E-state index contributed by atoms with van der Waals surface area (Å²) in [5.41, 5.74) is 11.3. The van der Waals surface area contributed by atoms with Crippen LogP contribution in [0.4, 0.5) is 0 Å². The van der Waals surface area contributed by atoms with Crippen LogP contribution in [0, 0.1) is 0 Å². The molecule has 0 aliphatic carbocycles. The Morgan fingerprint density at radius 3 is 1.82 bits per heavy atom. The lowest BCUT2D eigenvalue weighted by atomic mass is 9.97. The van der Waals surface area contributed by atoms with Crippen LogP contribution in [0.5, 0.6) is 0 Å². The van der Waals surface area contributed by atoms with E-state index in [1.54, 1.807) is 0 Å². The van der Waals surface area contributed by atoms with E-state index in [4.69, 9.17) is 4.42 Å². The Bertz CT molecular complexity index is 2760. The topological polar surface area (TPSA) is 23.0 Å². The summed E-state index contributed by atoms with van der Waals surface area (Å²) in [6, 6.07) is 56.5. The maximum atomic E-state index is 6.36. The smallest absolute Gasteiger partial charge is 0.137 e. The third kappa shape index (κ3) is 3.35. The first kappa shape index (κ1) is 24.4. The third-order valence-corrected chi connectivity index (χ3v) is 9.32. The normalized spacial score (nSPS) is 12.0. The largest absolute Gasteiger partial charge is 0.456 e. The SMILES string of the molecule is c1ccc(-n2c3ccccc3c3c(-c4cccc5c6ccccc6n(-c6cccc7oc8ccccc8c67)c45)cccc32)cc1. The van der Waals surface area contributed by atoms with Gasteiger partial charge in [0.25, 0.3) is 0 Å². The van der Waals surface area contributed by atoms with Gasteiger partial charge in [-0.15, -0.1) is 0 Å². The van der Waals surface area contributed by atoms with Crippen LogP contribution in [0.15, 0.2) is 162 Å². The van der Waals surface area contributed by atoms with Crippen molar-refractivity contribution in [1.82, 2.24) is 9.13 Å². The number of nitrogens with zero attached hydrogens (tertiary/aromatic N) is 2. The molecule has 45 heavy (non-hydrogen) atoms. The fourth-order valence-electron chi connectivity index (χ4n) is 7.53. The Hall–Kier alpha value is -6.06. The van der Waals surface area contributed by atoms with Crippen molar-refractivity contribution in [3.05, 3.63) is 158 Å². The molecule has 0 aliphatic heterocycles. The molecule has 0 bridgehead atoms. The predicted octanol–water partition coefficient (Wildman–Crippen LogP) is 11.4.